The highest BCUT2D eigenvalue weighted by Crippen LogP contribution is 2.20. The summed E-state index contributed by atoms with van der Waals surface area (Å²) in [5.41, 5.74) is 5.75. The maximum absolute atomic E-state index is 5.31. The van der Waals surface area contributed by atoms with Gasteiger partial charge in [-0.25, -0.2) is 0 Å². The zero-order chi connectivity index (χ0) is 8.27. The highest BCUT2D eigenvalue weighted by Gasteiger charge is 1.96. The first-order valence-electron chi connectivity index (χ1n) is 3.53. The summed E-state index contributed by atoms with van der Waals surface area (Å²) in [5.74, 6) is 5.31. The average molecular weight is 151 g/mol. The SMILES string of the molecule is CNc1ccc(C)cc1NN. The molecule has 4 N–H and O–H groups in total. The van der Waals surface area contributed by atoms with Gasteiger partial charge in [-0.2, -0.15) is 0 Å². The zero-order valence-corrected chi connectivity index (χ0v) is 6.81. The van der Waals surface area contributed by atoms with Crippen molar-refractivity contribution in [1.82, 2.24) is 0 Å². The molecule has 1 aromatic carbocycles. The van der Waals surface area contributed by atoms with Crippen LogP contribution in [0.2, 0.25) is 0 Å². The lowest BCUT2D eigenvalue weighted by Gasteiger charge is -2.08. The average Bonchev–Trinajstić information content (AvgIpc) is 2.04. The molecular formula is C8H13N3. The minimum absolute atomic E-state index is 0.924. The summed E-state index contributed by atoms with van der Waals surface area (Å²) in [7, 11) is 1.87. The Hall–Kier alpha value is -1.22. The van der Waals surface area contributed by atoms with Crippen LogP contribution in [0, 0.1) is 6.92 Å². The van der Waals surface area contributed by atoms with Gasteiger partial charge in [-0.05, 0) is 24.6 Å². The van der Waals surface area contributed by atoms with Gasteiger partial charge in [0.25, 0.3) is 0 Å². The van der Waals surface area contributed by atoms with Gasteiger partial charge in [0, 0.05) is 7.05 Å². The molecule has 3 heteroatoms. The Labute approximate surface area is 66.6 Å². The normalized spacial score (nSPS) is 9.36. The summed E-state index contributed by atoms with van der Waals surface area (Å²) in [4.78, 5) is 0. The van der Waals surface area contributed by atoms with Gasteiger partial charge in [0.1, 0.15) is 0 Å². The van der Waals surface area contributed by atoms with Crippen LogP contribution in [0.3, 0.4) is 0 Å². The summed E-state index contributed by atoms with van der Waals surface area (Å²) in [6.45, 7) is 2.03. The Morgan fingerprint density at radius 3 is 2.55 bits per heavy atom. The number of rotatable bonds is 2. The number of hydrazine groups is 1. The monoisotopic (exact) mass is 151 g/mol. The van der Waals surface area contributed by atoms with E-state index in [9.17, 15) is 0 Å². The first-order valence-corrected chi connectivity index (χ1v) is 3.53. The summed E-state index contributed by atoms with van der Waals surface area (Å²) in [5, 5.41) is 3.03. The van der Waals surface area contributed by atoms with Gasteiger partial charge < -0.3 is 10.7 Å². The highest BCUT2D eigenvalue weighted by atomic mass is 15.2. The van der Waals surface area contributed by atoms with Crippen LogP contribution in [0.1, 0.15) is 5.56 Å². The second kappa shape index (κ2) is 3.25. The first-order chi connectivity index (χ1) is 5.27. The number of anilines is 2. The summed E-state index contributed by atoms with van der Waals surface area (Å²) in [6, 6.07) is 6.02. The Balaban J connectivity index is 3.06. The molecule has 60 valence electrons. The molecule has 11 heavy (non-hydrogen) atoms. The van der Waals surface area contributed by atoms with Crippen molar-refractivity contribution in [3.8, 4) is 0 Å². The molecule has 1 rings (SSSR count). The summed E-state index contributed by atoms with van der Waals surface area (Å²) >= 11 is 0. The maximum atomic E-state index is 5.31. The standard InChI is InChI=1S/C8H13N3/c1-6-3-4-7(10-2)8(5-6)11-9/h3-5,10-11H,9H2,1-2H3. The van der Waals surface area contributed by atoms with E-state index in [4.69, 9.17) is 5.84 Å². The molecule has 0 bridgehead atoms. The molecule has 0 amide bonds. The van der Waals surface area contributed by atoms with Crippen LogP contribution >= 0.6 is 0 Å². The molecule has 0 spiro atoms. The Morgan fingerprint density at radius 1 is 1.27 bits per heavy atom. The zero-order valence-electron chi connectivity index (χ0n) is 6.81. The predicted octanol–water partition coefficient (Wildman–Crippen LogP) is 1.32. The van der Waals surface area contributed by atoms with E-state index >= 15 is 0 Å². The highest BCUT2D eigenvalue weighted by molar-refractivity contribution is 5.68. The molecule has 0 aliphatic heterocycles. The summed E-state index contributed by atoms with van der Waals surface area (Å²) < 4.78 is 0. The molecule has 0 saturated carbocycles. The van der Waals surface area contributed by atoms with Crippen molar-refractivity contribution in [3.63, 3.8) is 0 Å². The van der Waals surface area contributed by atoms with Crippen LogP contribution in [-0.4, -0.2) is 7.05 Å². The molecule has 0 aromatic heterocycles. The number of aryl methyl sites for hydroxylation is 1. The van der Waals surface area contributed by atoms with Crippen LogP contribution in [0.4, 0.5) is 11.4 Å². The third-order valence-electron chi connectivity index (χ3n) is 1.60. The molecule has 0 aliphatic carbocycles. The largest absolute Gasteiger partial charge is 0.386 e. The number of hydrogen-bond acceptors (Lipinski definition) is 3. The molecule has 0 aliphatic rings. The number of nitrogens with two attached hydrogens (primary N) is 1. The lowest BCUT2D eigenvalue weighted by atomic mass is 10.2. The van der Waals surface area contributed by atoms with E-state index in [1.54, 1.807) is 0 Å². The van der Waals surface area contributed by atoms with Crippen molar-refractivity contribution in [2.75, 3.05) is 17.8 Å². The van der Waals surface area contributed by atoms with E-state index < -0.39 is 0 Å². The van der Waals surface area contributed by atoms with Crippen molar-refractivity contribution in [1.29, 1.82) is 0 Å². The Bertz CT molecular complexity index is 245. The number of benzene rings is 1. The fourth-order valence-corrected chi connectivity index (χ4v) is 0.996. The lowest BCUT2D eigenvalue weighted by molar-refractivity contribution is 1.32. The van der Waals surface area contributed by atoms with Gasteiger partial charge in [-0.3, -0.25) is 5.84 Å². The third kappa shape index (κ3) is 1.62. The van der Waals surface area contributed by atoms with Gasteiger partial charge in [0.2, 0.25) is 0 Å². The lowest BCUT2D eigenvalue weighted by Crippen LogP contribution is -2.09. The molecule has 0 fully saturated rings. The van der Waals surface area contributed by atoms with Crippen LogP contribution in [0.5, 0.6) is 0 Å². The van der Waals surface area contributed by atoms with Crippen molar-refractivity contribution >= 4 is 11.4 Å². The number of hydrogen-bond donors (Lipinski definition) is 3. The maximum Gasteiger partial charge on any atom is 0.0720 e. The van der Waals surface area contributed by atoms with Crippen molar-refractivity contribution in [2.45, 2.75) is 6.92 Å². The van der Waals surface area contributed by atoms with Gasteiger partial charge in [-0.1, -0.05) is 6.07 Å². The second-order valence-corrected chi connectivity index (χ2v) is 2.44. The molecule has 0 atom stereocenters. The number of nitrogens with one attached hydrogen (secondary N) is 2. The smallest absolute Gasteiger partial charge is 0.0720 e. The molecule has 0 heterocycles. The molecule has 0 radical (unpaired) electrons. The Morgan fingerprint density at radius 2 is 2.00 bits per heavy atom. The Kier molecular flexibility index (Phi) is 2.33. The van der Waals surface area contributed by atoms with E-state index in [1.807, 2.05) is 32.2 Å². The van der Waals surface area contributed by atoms with Crippen molar-refractivity contribution < 1.29 is 0 Å². The van der Waals surface area contributed by atoms with Crippen molar-refractivity contribution in [2.24, 2.45) is 5.84 Å². The van der Waals surface area contributed by atoms with Gasteiger partial charge >= 0.3 is 0 Å². The van der Waals surface area contributed by atoms with E-state index in [0.717, 1.165) is 11.4 Å². The van der Waals surface area contributed by atoms with Gasteiger partial charge in [-0.15, -0.1) is 0 Å². The fourth-order valence-electron chi connectivity index (χ4n) is 0.996. The van der Waals surface area contributed by atoms with Crippen LogP contribution in [-0.2, 0) is 0 Å². The fraction of sp³-hybridized carbons (Fsp3) is 0.250. The first kappa shape index (κ1) is 7.88. The summed E-state index contributed by atoms with van der Waals surface area (Å²) in [6.07, 6.45) is 0. The van der Waals surface area contributed by atoms with E-state index in [2.05, 4.69) is 10.7 Å². The van der Waals surface area contributed by atoms with E-state index in [1.165, 1.54) is 5.56 Å². The van der Waals surface area contributed by atoms with E-state index in [-0.39, 0.29) is 0 Å². The molecule has 3 nitrogen and oxygen atoms in total. The van der Waals surface area contributed by atoms with Crippen LogP contribution in [0.25, 0.3) is 0 Å². The minimum Gasteiger partial charge on any atom is -0.386 e. The molecule has 0 saturated heterocycles. The van der Waals surface area contributed by atoms with Gasteiger partial charge in [0.15, 0.2) is 0 Å². The molecular weight excluding hydrogens is 138 g/mol. The number of nitrogen functional groups attached to an aromatic ring is 1. The van der Waals surface area contributed by atoms with Crippen LogP contribution in [0.15, 0.2) is 18.2 Å². The third-order valence-corrected chi connectivity index (χ3v) is 1.60. The minimum atomic E-state index is 0.924. The second-order valence-electron chi connectivity index (χ2n) is 2.44. The molecule has 0 unspecified atom stereocenters. The molecule has 1 aromatic rings. The van der Waals surface area contributed by atoms with Crippen LogP contribution < -0.4 is 16.6 Å². The van der Waals surface area contributed by atoms with Crippen molar-refractivity contribution in [3.05, 3.63) is 23.8 Å². The van der Waals surface area contributed by atoms with E-state index in [0.29, 0.717) is 0 Å². The predicted molar refractivity (Wildman–Crippen MR) is 48.5 cm³/mol. The topological polar surface area (TPSA) is 50.1 Å². The quantitative estimate of drug-likeness (QED) is 0.441. The van der Waals surface area contributed by atoms with Gasteiger partial charge in [0.05, 0.1) is 11.4 Å².